The van der Waals surface area contributed by atoms with Gasteiger partial charge in [-0.05, 0) is 18.8 Å². The summed E-state index contributed by atoms with van der Waals surface area (Å²) in [5, 5.41) is 0. The molecule has 0 aromatic carbocycles. The molecular formula is C10H20N2. The van der Waals surface area contributed by atoms with Gasteiger partial charge in [0.25, 0.3) is 0 Å². The van der Waals surface area contributed by atoms with E-state index in [1.54, 1.807) is 0 Å². The first-order chi connectivity index (χ1) is 5.74. The van der Waals surface area contributed by atoms with Crippen LogP contribution in [0.15, 0.2) is 0 Å². The SMILES string of the molecule is C#CCCC(CC(C)CC)NN. The molecule has 0 rings (SSSR count). The molecule has 0 bridgehead atoms. The molecule has 0 aliphatic heterocycles. The van der Waals surface area contributed by atoms with Crippen LogP contribution in [-0.4, -0.2) is 6.04 Å². The number of terminal acetylenes is 1. The molecule has 0 fully saturated rings. The lowest BCUT2D eigenvalue weighted by Crippen LogP contribution is -2.36. The summed E-state index contributed by atoms with van der Waals surface area (Å²) < 4.78 is 0. The Hall–Kier alpha value is -0.520. The molecular weight excluding hydrogens is 148 g/mol. The van der Waals surface area contributed by atoms with Crippen molar-refractivity contribution in [2.45, 2.75) is 45.6 Å². The van der Waals surface area contributed by atoms with Gasteiger partial charge in [0.05, 0.1) is 0 Å². The van der Waals surface area contributed by atoms with Gasteiger partial charge in [0.15, 0.2) is 0 Å². The van der Waals surface area contributed by atoms with Crippen molar-refractivity contribution in [1.82, 2.24) is 5.43 Å². The van der Waals surface area contributed by atoms with Crippen molar-refractivity contribution in [2.75, 3.05) is 0 Å². The maximum Gasteiger partial charge on any atom is 0.0222 e. The van der Waals surface area contributed by atoms with Crippen LogP contribution in [0.2, 0.25) is 0 Å². The zero-order chi connectivity index (χ0) is 9.40. The molecule has 12 heavy (non-hydrogen) atoms. The van der Waals surface area contributed by atoms with E-state index in [2.05, 4.69) is 25.2 Å². The highest BCUT2D eigenvalue weighted by Crippen LogP contribution is 2.12. The summed E-state index contributed by atoms with van der Waals surface area (Å²) in [6.45, 7) is 4.43. The quantitative estimate of drug-likeness (QED) is 0.360. The van der Waals surface area contributed by atoms with E-state index in [0.717, 1.165) is 25.2 Å². The van der Waals surface area contributed by atoms with E-state index in [4.69, 9.17) is 12.3 Å². The highest BCUT2D eigenvalue weighted by molar-refractivity contribution is 4.85. The Labute approximate surface area is 75.9 Å². The molecule has 0 saturated heterocycles. The van der Waals surface area contributed by atoms with Crippen LogP contribution in [-0.2, 0) is 0 Å². The number of nitrogens with two attached hydrogens (primary N) is 1. The van der Waals surface area contributed by atoms with Crippen LogP contribution in [0.5, 0.6) is 0 Å². The van der Waals surface area contributed by atoms with E-state index in [1.807, 2.05) is 0 Å². The maximum atomic E-state index is 5.40. The van der Waals surface area contributed by atoms with Crippen molar-refractivity contribution in [2.24, 2.45) is 11.8 Å². The van der Waals surface area contributed by atoms with Crippen LogP contribution in [0.25, 0.3) is 0 Å². The highest BCUT2D eigenvalue weighted by Gasteiger charge is 2.09. The van der Waals surface area contributed by atoms with E-state index in [0.29, 0.717) is 6.04 Å². The Morgan fingerprint density at radius 2 is 2.25 bits per heavy atom. The fourth-order valence-electron chi connectivity index (χ4n) is 1.18. The van der Waals surface area contributed by atoms with Crippen molar-refractivity contribution in [3.63, 3.8) is 0 Å². The van der Waals surface area contributed by atoms with Gasteiger partial charge in [-0.3, -0.25) is 11.3 Å². The van der Waals surface area contributed by atoms with Crippen molar-refractivity contribution in [3.05, 3.63) is 0 Å². The van der Waals surface area contributed by atoms with Crippen LogP contribution >= 0.6 is 0 Å². The second-order valence-electron chi connectivity index (χ2n) is 3.36. The third-order valence-electron chi connectivity index (χ3n) is 2.26. The number of rotatable bonds is 6. The van der Waals surface area contributed by atoms with E-state index in [1.165, 1.54) is 6.42 Å². The second-order valence-corrected chi connectivity index (χ2v) is 3.36. The van der Waals surface area contributed by atoms with Crippen molar-refractivity contribution in [3.8, 4) is 12.3 Å². The van der Waals surface area contributed by atoms with Gasteiger partial charge in [-0.2, -0.15) is 0 Å². The first-order valence-electron chi connectivity index (χ1n) is 4.64. The monoisotopic (exact) mass is 168 g/mol. The van der Waals surface area contributed by atoms with Gasteiger partial charge in [-0.25, -0.2) is 0 Å². The summed E-state index contributed by atoms with van der Waals surface area (Å²) >= 11 is 0. The van der Waals surface area contributed by atoms with Crippen molar-refractivity contribution < 1.29 is 0 Å². The summed E-state index contributed by atoms with van der Waals surface area (Å²) in [5.74, 6) is 8.75. The number of hydrogen-bond acceptors (Lipinski definition) is 2. The second kappa shape index (κ2) is 7.15. The molecule has 0 spiro atoms. The predicted octanol–water partition coefficient (Wildman–Crippen LogP) is 1.67. The van der Waals surface area contributed by atoms with E-state index in [9.17, 15) is 0 Å². The minimum Gasteiger partial charge on any atom is -0.271 e. The lowest BCUT2D eigenvalue weighted by atomic mass is 9.97. The predicted molar refractivity (Wildman–Crippen MR) is 53.3 cm³/mol. The molecule has 2 atom stereocenters. The molecule has 0 radical (unpaired) electrons. The van der Waals surface area contributed by atoms with Gasteiger partial charge < -0.3 is 0 Å². The molecule has 70 valence electrons. The molecule has 0 aliphatic carbocycles. The van der Waals surface area contributed by atoms with Crippen molar-refractivity contribution >= 4 is 0 Å². The highest BCUT2D eigenvalue weighted by atomic mass is 15.2. The number of hydrogen-bond donors (Lipinski definition) is 2. The Morgan fingerprint density at radius 3 is 2.67 bits per heavy atom. The largest absolute Gasteiger partial charge is 0.271 e. The van der Waals surface area contributed by atoms with Gasteiger partial charge in [-0.1, -0.05) is 20.3 Å². The van der Waals surface area contributed by atoms with Crippen LogP contribution in [0.3, 0.4) is 0 Å². The molecule has 0 aromatic heterocycles. The van der Waals surface area contributed by atoms with Gasteiger partial charge in [-0.15, -0.1) is 12.3 Å². The average Bonchev–Trinajstić information content (AvgIpc) is 2.11. The summed E-state index contributed by atoms with van der Waals surface area (Å²) in [6, 6.07) is 0.385. The molecule has 0 aromatic rings. The summed E-state index contributed by atoms with van der Waals surface area (Å²) in [4.78, 5) is 0. The lowest BCUT2D eigenvalue weighted by molar-refractivity contribution is 0.384. The van der Waals surface area contributed by atoms with Gasteiger partial charge in [0.1, 0.15) is 0 Å². The van der Waals surface area contributed by atoms with Gasteiger partial charge in [0, 0.05) is 12.5 Å². The molecule has 0 saturated carbocycles. The zero-order valence-electron chi connectivity index (χ0n) is 8.14. The van der Waals surface area contributed by atoms with E-state index in [-0.39, 0.29) is 0 Å². The Morgan fingerprint density at radius 1 is 1.58 bits per heavy atom. The summed E-state index contributed by atoms with van der Waals surface area (Å²) in [6.07, 6.45) is 9.29. The molecule has 0 aliphatic rings. The average molecular weight is 168 g/mol. The number of nitrogens with one attached hydrogen (secondary N) is 1. The summed E-state index contributed by atoms with van der Waals surface area (Å²) in [5.41, 5.74) is 2.81. The molecule has 2 unspecified atom stereocenters. The zero-order valence-corrected chi connectivity index (χ0v) is 8.14. The topological polar surface area (TPSA) is 38.0 Å². The fraction of sp³-hybridized carbons (Fsp3) is 0.800. The van der Waals surface area contributed by atoms with Crippen LogP contribution in [0, 0.1) is 18.3 Å². The van der Waals surface area contributed by atoms with E-state index >= 15 is 0 Å². The van der Waals surface area contributed by atoms with Crippen LogP contribution in [0.1, 0.15) is 39.5 Å². The molecule has 2 heteroatoms. The van der Waals surface area contributed by atoms with Gasteiger partial charge >= 0.3 is 0 Å². The van der Waals surface area contributed by atoms with Gasteiger partial charge in [0.2, 0.25) is 0 Å². The Bertz CT molecular complexity index is 137. The molecule has 3 N–H and O–H groups in total. The van der Waals surface area contributed by atoms with E-state index < -0.39 is 0 Å². The Kier molecular flexibility index (Phi) is 6.84. The molecule has 2 nitrogen and oxygen atoms in total. The standard InChI is InChI=1S/C10H20N2/c1-4-6-7-10(12-11)8-9(3)5-2/h1,9-10,12H,5-8,11H2,2-3H3. The summed E-state index contributed by atoms with van der Waals surface area (Å²) in [7, 11) is 0. The first-order valence-corrected chi connectivity index (χ1v) is 4.64. The van der Waals surface area contributed by atoms with Crippen LogP contribution in [0.4, 0.5) is 0 Å². The fourth-order valence-corrected chi connectivity index (χ4v) is 1.18. The number of hydrazine groups is 1. The normalized spacial score (nSPS) is 15.2. The third-order valence-corrected chi connectivity index (χ3v) is 2.26. The smallest absolute Gasteiger partial charge is 0.0222 e. The third kappa shape index (κ3) is 5.17. The molecule has 0 amide bonds. The van der Waals surface area contributed by atoms with Crippen LogP contribution < -0.4 is 11.3 Å². The Balaban J connectivity index is 3.60. The lowest BCUT2D eigenvalue weighted by Gasteiger charge is -2.18. The maximum absolute atomic E-state index is 5.40. The first kappa shape index (κ1) is 11.5. The minimum absolute atomic E-state index is 0.385. The van der Waals surface area contributed by atoms with Crippen molar-refractivity contribution in [1.29, 1.82) is 0 Å². The molecule has 0 heterocycles. The minimum atomic E-state index is 0.385.